The van der Waals surface area contributed by atoms with Gasteiger partial charge in [-0.2, -0.15) is 0 Å². The first-order valence-electron chi connectivity index (χ1n) is 11.6. The van der Waals surface area contributed by atoms with Crippen LogP contribution in [-0.2, 0) is 11.3 Å². The molecule has 1 aliphatic rings. The van der Waals surface area contributed by atoms with E-state index in [1.807, 2.05) is 29.2 Å². The SMILES string of the molecule is CC(C)CC(=O)N1CCN(Cc2c(-c3ccc(Cl)cc3)nc3sc4cc([N+](=O)[O-])ccc4n23)CC1. The molecule has 1 saturated heterocycles. The van der Waals surface area contributed by atoms with E-state index < -0.39 is 0 Å². The summed E-state index contributed by atoms with van der Waals surface area (Å²) in [5.41, 5.74) is 3.87. The van der Waals surface area contributed by atoms with E-state index in [4.69, 9.17) is 16.6 Å². The van der Waals surface area contributed by atoms with E-state index in [1.54, 1.807) is 18.2 Å². The molecule has 0 saturated carbocycles. The fourth-order valence-electron chi connectivity index (χ4n) is 4.56. The van der Waals surface area contributed by atoms with E-state index >= 15 is 0 Å². The Morgan fingerprint density at radius 3 is 2.51 bits per heavy atom. The normalized spacial score (nSPS) is 14.9. The molecule has 10 heteroatoms. The Morgan fingerprint density at radius 1 is 1.14 bits per heavy atom. The number of thiazole rings is 1. The molecule has 1 aliphatic heterocycles. The summed E-state index contributed by atoms with van der Waals surface area (Å²) in [6, 6.07) is 12.6. The summed E-state index contributed by atoms with van der Waals surface area (Å²) < 4.78 is 2.94. The maximum atomic E-state index is 12.5. The molecule has 0 radical (unpaired) electrons. The van der Waals surface area contributed by atoms with Crippen LogP contribution in [-0.4, -0.2) is 56.2 Å². The Bertz CT molecular complexity index is 1400. The molecule has 1 amide bonds. The monoisotopic (exact) mass is 511 g/mol. The van der Waals surface area contributed by atoms with Crippen molar-refractivity contribution in [1.82, 2.24) is 19.2 Å². The fraction of sp³-hybridized carbons (Fsp3) is 0.360. The number of nitrogens with zero attached hydrogens (tertiary/aromatic N) is 5. The number of non-ortho nitro benzene ring substituents is 1. The van der Waals surface area contributed by atoms with Gasteiger partial charge in [-0.3, -0.25) is 24.2 Å². The quantitative estimate of drug-likeness (QED) is 0.253. The van der Waals surface area contributed by atoms with Gasteiger partial charge in [-0.05, 0) is 24.1 Å². The van der Waals surface area contributed by atoms with Crippen LogP contribution in [0, 0.1) is 16.0 Å². The molecule has 2 aromatic heterocycles. The molecule has 8 nitrogen and oxygen atoms in total. The van der Waals surface area contributed by atoms with Crippen molar-refractivity contribution >= 4 is 49.7 Å². The van der Waals surface area contributed by atoms with Gasteiger partial charge in [-0.1, -0.05) is 48.9 Å². The number of amides is 1. The average Bonchev–Trinajstić information content (AvgIpc) is 3.35. The molecule has 0 aliphatic carbocycles. The van der Waals surface area contributed by atoms with Crippen LogP contribution in [0.3, 0.4) is 0 Å². The van der Waals surface area contributed by atoms with Gasteiger partial charge in [0.15, 0.2) is 4.96 Å². The predicted octanol–water partition coefficient (Wildman–Crippen LogP) is 5.47. The lowest BCUT2D eigenvalue weighted by molar-refractivity contribution is -0.384. The molecule has 0 bridgehead atoms. The zero-order chi connectivity index (χ0) is 24.7. The zero-order valence-electron chi connectivity index (χ0n) is 19.6. The number of halogens is 1. The Labute approximate surface area is 211 Å². The number of hydrogen-bond donors (Lipinski definition) is 0. The number of benzene rings is 2. The van der Waals surface area contributed by atoms with E-state index in [2.05, 4.69) is 23.1 Å². The van der Waals surface area contributed by atoms with E-state index in [9.17, 15) is 14.9 Å². The van der Waals surface area contributed by atoms with Crippen molar-refractivity contribution in [2.45, 2.75) is 26.8 Å². The number of imidazole rings is 1. The van der Waals surface area contributed by atoms with Gasteiger partial charge < -0.3 is 4.90 Å². The van der Waals surface area contributed by atoms with Crippen LogP contribution in [0.15, 0.2) is 42.5 Å². The molecule has 4 aromatic rings. The first-order chi connectivity index (χ1) is 16.8. The molecule has 5 rings (SSSR count). The average molecular weight is 512 g/mol. The number of hydrogen-bond acceptors (Lipinski definition) is 6. The Hall–Kier alpha value is -3.01. The van der Waals surface area contributed by atoms with Crippen LogP contribution in [0.25, 0.3) is 26.4 Å². The lowest BCUT2D eigenvalue weighted by Gasteiger charge is -2.35. The van der Waals surface area contributed by atoms with Crippen LogP contribution in [0.5, 0.6) is 0 Å². The minimum absolute atomic E-state index is 0.0728. The third kappa shape index (κ3) is 4.76. The van der Waals surface area contributed by atoms with E-state index in [1.165, 1.54) is 11.3 Å². The molecule has 0 unspecified atom stereocenters. The highest BCUT2D eigenvalue weighted by Crippen LogP contribution is 2.35. The number of carbonyl (C=O) groups is 1. The standard InChI is InChI=1S/C25H26ClN5O3S/c1-16(2)13-23(32)29-11-9-28(10-12-29)15-21-24(17-3-5-18(26)6-4-17)27-25-30(21)20-8-7-19(31(33)34)14-22(20)35-25/h3-8,14,16H,9-13,15H2,1-2H3. The number of fused-ring (bicyclic) bond motifs is 3. The number of rotatable bonds is 6. The van der Waals surface area contributed by atoms with Gasteiger partial charge in [0, 0.05) is 61.9 Å². The lowest BCUT2D eigenvalue weighted by Crippen LogP contribution is -2.48. The molecule has 0 spiro atoms. The third-order valence-corrected chi connectivity index (χ3v) is 7.59. The minimum Gasteiger partial charge on any atom is -0.340 e. The first kappa shape index (κ1) is 23.7. The summed E-state index contributed by atoms with van der Waals surface area (Å²) in [6.07, 6.45) is 0.580. The summed E-state index contributed by atoms with van der Waals surface area (Å²) in [5.74, 6) is 0.573. The number of aromatic nitrogens is 2. The molecule has 3 heterocycles. The molecule has 182 valence electrons. The highest BCUT2D eigenvalue weighted by Gasteiger charge is 2.25. The molecule has 0 N–H and O–H groups in total. The van der Waals surface area contributed by atoms with E-state index in [0.29, 0.717) is 37.0 Å². The highest BCUT2D eigenvalue weighted by atomic mass is 35.5. The molecular formula is C25H26ClN5O3S. The van der Waals surface area contributed by atoms with Crippen molar-refractivity contribution < 1.29 is 9.72 Å². The molecule has 35 heavy (non-hydrogen) atoms. The summed E-state index contributed by atoms with van der Waals surface area (Å²) in [7, 11) is 0. The van der Waals surface area contributed by atoms with Gasteiger partial charge in [-0.25, -0.2) is 4.98 Å². The predicted molar refractivity (Wildman–Crippen MR) is 139 cm³/mol. The van der Waals surface area contributed by atoms with Crippen LogP contribution in [0.4, 0.5) is 5.69 Å². The van der Waals surface area contributed by atoms with E-state index in [-0.39, 0.29) is 16.5 Å². The van der Waals surface area contributed by atoms with Crippen LogP contribution in [0.2, 0.25) is 5.02 Å². The molecular weight excluding hydrogens is 486 g/mol. The van der Waals surface area contributed by atoms with Gasteiger partial charge in [0.25, 0.3) is 5.69 Å². The van der Waals surface area contributed by atoms with Crippen molar-refractivity contribution in [3.8, 4) is 11.3 Å². The number of nitro benzene ring substituents is 1. The zero-order valence-corrected chi connectivity index (χ0v) is 21.2. The summed E-state index contributed by atoms with van der Waals surface area (Å²) >= 11 is 7.57. The van der Waals surface area contributed by atoms with Crippen LogP contribution >= 0.6 is 22.9 Å². The Balaban J connectivity index is 1.50. The topological polar surface area (TPSA) is 84.0 Å². The molecule has 2 aromatic carbocycles. The summed E-state index contributed by atoms with van der Waals surface area (Å²) in [5, 5.41) is 11.9. The van der Waals surface area contributed by atoms with Crippen molar-refractivity contribution in [3.63, 3.8) is 0 Å². The van der Waals surface area contributed by atoms with Gasteiger partial charge in [0.1, 0.15) is 0 Å². The van der Waals surface area contributed by atoms with Crippen molar-refractivity contribution in [3.05, 3.63) is 63.3 Å². The number of piperazine rings is 1. The van der Waals surface area contributed by atoms with Gasteiger partial charge in [-0.15, -0.1) is 0 Å². The number of carbonyl (C=O) groups excluding carboxylic acids is 1. The van der Waals surface area contributed by atoms with Crippen molar-refractivity contribution in [2.75, 3.05) is 26.2 Å². The second-order valence-electron chi connectivity index (χ2n) is 9.30. The molecule has 0 atom stereocenters. The van der Waals surface area contributed by atoms with Gasteiger partial charge in [0.2, 0.25) is 5.91 Å². The number of nitro groups is 1. The van der Waals surface area contributed by atoms with Crippen LogP contribution < -0.4 is 0 Å². The minimum atomic E-state index is -0.373. The van der Waals surface area contributed by atoms with Crippen molar-refractivity contribution in [2.24, 2.45) is 5.92 Å². The van der Waals surface area contributed by atoms with Gasteiger partial charge in [0.05, 0.1) is 26.5 Å². The van der Waals surface area contributed by atoms with E-state index in [0.717, 1.165) is 45.2 Å². The van der Waals surface area contributed by atoms with Crippen molar-refractivity contribution in [1.29, 1.82) is 0 Å². The first-order valence-corrected chi connectivity index (χ1v) is 12.8. The second kappa shape index (κ2) is 9.56. The molecule has 1 fully saturated rings. The Kier molecular flexibility index (Phi) is 6.48. The third-order valence-electron chi connectivity index (χ3n) is 6.34. The second-order valence-corrected chi connectivity index (χ2v) is 10.7. The summed E-state index contributed by atoms with van der Waals surface area (Å²) in [6.45, 7) is 7.78. The summed E-state index contributed by atoms with van der Waals surface area (Å²) in [4.78, 5) is 33.4. The smallest absolute Gasteiger partial charge is 0.270 e. The maximum Gasteiger partial charge on any atom is 0.270 e. The highest BCUT2D eigenvalue weighted by molar-refractivity contribution is 7.23. The fourth-order valence-corrected chi connectivity index (χ4v) is 5.76. The van der Waals surface area contributed by atoms with Gasteiger partial charge >= 0.3 is 0 Å². The maximum absolute atomic E-state index is 12.5. The lowest BCUT2D eigenvalue weighted by atomic mass is 10.1. The van der Waals surface area contributed by atoms with Crippen LogP contribution in [0.1, 0.15) is 26.0 Å². The Morgan fingerprint density at radius 2 is 1.86 bits per heavy atom. The largest absolute Gasteiger partial charge is 0.340 e.